The summed E-state index contributed by atoms with van der Waals surface area (Å²) in [6.07, 6.45) is -0.292. The van der Waals surface area contributed by atoms with Gasteiger partial charge < -0.3 is 14.2 Å². The van der Waals surface area contributed by atoms with Crippen molar-refractivity contribution in [1.82, 2.24) is 0 Å². The van der Waals surface area contributed by atoms with Gasteiger partial charge in [0.25, 0.3) is 0 Å². The van der Waals surface area contributed by atoms with Crippen LogP contribution in [0.25, 0.3) is 0 Å². The topological polar surface area (TPSA) is 27.7 Å². The summed E-state index contributed by atoms with van der Waals surface area (Å²) in [5.41, 5.74) is 0. The Bertz CT molecular complexity index is 254. The van der Waals surface area contributed by atoms with Gasteiger partial charge in [0.1, 0.15) is 10.6 Å². The van der Waals surface area contributed by atoms with E-state index >= 15 is 0 Å². The number of methoxy groups -OCH3 is 1. The number of thiophene rings is 1. The number of hydrogen-bond acceptors (Lipinski definition) is 4. The lowest BCUT2D eigenvalue weighted by Gasteiger charge is -2.16. The van der Waals surface area contributed by atoms with Crippen molar-refractivity contribution in [3.05, 3.63) is 16.3 Å². The van der Waals surface area contributed by atoms with Crippen LogP contribution in [0, 0.1) is 0 Å². The van der Waals surface area contributed by atoms with E-state index in [-0.39, 0.29) is 6.29 Å². The summed E-state index contributed by atoms with van der Waals surface area (Å²) in [5.74, 6) is 0.835. The Balaban J connectivity index is 2.75. The molecule has 1 rings (SSSR count). The molecule has 14 heavy (non-hydrogen) atoms. The fourth-order valence-electron chi connectivity index (χ4n) is 1.15. The van der Waals surface area contributed by atoms with Crippen LogP contribution in [0.1, 0.15) is 25.0 Å². The SMILES string of the molecule is CCOC(OCC)c1sccc1OC. The van der Waals surface area contributed by atoms with Crippen molar-refractivity contribution < 1.29 is 14.2 Å². The molecule has 0 aliphatic heterocycles. The van der Waals surface area contributed by atoms with Gasteiger partial charge in [-0.05, 0) is 25.3 Å². The predicted molar refractivity (Wildman–Crippen MR) is 56.9 cm³/mol. The van der Waals surface area contributed by atoms with Crippen molar-refractivity contribution in [3.63, 3.8) is 0 Å². The lowest BCUT2D eigenvalue weighted by molar-refractivity contribution is -0.138. The van der Waals surface area contributed by atoms with Crippen LogP contribution in [-0.4, -0.2) is 20.3 Å². The monoisotopic (exact) mass is 216 g/mol. The van der Waals surface area contributed by atoms with Crippen molar-refractivity contribution in [3.8, 4) is 5.75 Å². The van der Waals surface area contributed by atoms with Crippen LogP contribution in [0.3, 0.4) is 0 Å². The minimum Gasteiger partial charge on any atom is -0.495 e. The molecule has 0 radical (unpaired) electrons. The predicted octanol–water partition coefficient (Wildman–Crippen LogP) is 2.83. The van der Waals surface area contributed by atoms with Crippen LogP contribution < -0.4 is 4.74 Å². The maximum absolute atomic E-state index is 5.48. The van der Waals surface area contributed by atoms with Crippen molar-refractivity contribution >= 4 is 11.3 Å². The Morgan fingerprint density at radius 2 is 1.93 bits per heavy atom. The van der Waals surface area contributed by atoms with Crippen molar-refractivity contribution in [2.45, 2.75) is 20.1 Å². The molecule has 4 heteroatoms. The Morgan fingerprint density at radius 3 is 2.43 bits per heavy atom. The number of hydrogen-bond donors (Lipinski definition) is 0. The molecular weight excluding hydrogens is 200 g/mol. The molecule has 1 heterocycles. The number of ether oxygens (including phenoxy) is 3. The molecule has 0 aromatic carbocycles. The second kappa shape index (κ2) is 6.01. The van der Waals surface area contributed by atoms with Crippen molar-refractivity contribution in [1.29, 1.82) is 0 Å². The van der Waals surface area contributed by atoms with Gasteiger partial charge in [-0.2, -0.15) is 0 Å². The highest BCUT2D eigenvalue weighted by Crippen LogP contribution is 2.33. The highest BCUT2D eigenvalue weighted by Gasteiger charge is 2.17. The molecule has 3 nitrogen and oxygen atoms in total. The molecule has 0 saturated heterocycles. The quantitative estimate of drug-likeness (QED) is 0.684. The van der Waals surface area contributed by atoms with Crippen LogP contribution in [0.4, 0.5) is 0 Å². The normalized spacial score (nSPS) is 10.9. The summed E-state index contributed by atoms with van der Waals surface area (Å²) in [4.78, 5) is 0.996. The van der Waals surface area contributed by atoms with E-state index in [1.807, 2.05) is 25.3 Å². The Kier molecular flexibility index (Phi) is 4.93. The maximum Gasteiger partial charge on any atom is 0.196 e. The zero-order valence-corrected chi connectivity index (χ0v) is 9.60. The molecule has 0 spiro atoms. The van der Waals surface area contributed by atoms with E-state index in [0.717, 1.165) is 10.6 Å². The van der Waals surface area contributed by atoms with Gasteiger partial charge in [-0.3, -0.25) is 0 Å². The fraction of sp³-hybridized carbons (Fsp3) is 0.600. The molecule has 80 valence electrons. The second-order valence-electron chi connectivity index (χ2n) is 2.60. The minimum atomic E-state index is -0.292. The van der Waals surface area contributed by atoms with Crippen LogP contribution in [0.5, 0.6) is 5.75 Å². The summed E-state index contributed by atoms with van der Waals surface area (Å²) >= 11 is 1.59. The summed E-state index contributed by atoms with van der Waals surface area (Å²) in [6.45, 7) is 5.16. The molecular formula is C10H16O3S. The van der Waals surface area contributed by atoms with E-state index in [9.17, 15) is 0 Å². The first-order chi connectivity index (χ1) is 6.83. The van der Waals surface area contributed by atoms with Crippen molar-refractivity contribution in [2.75, 3.05) is 20.3 Å². The van der Waals surface area contributed by atoms with Crippen LogP contribution in [0.2, 0.25) is 0 Å². The van der Waals surface area contributed by atoms with Gasteiger partial charge in [0.05, 0.1) is 7.11 Å². The van der Waals surface area contributed by atoms with Gasteiger partial charge in [-0.1, -0.05) is 0 Å². The third-order valence-electron chi connectivity index (χ3n) is 1.73. The van der Waals surface area contributed by atoms with Gasteiger partial charge in [-0.25, -0.2) is 0 Å². The first-order valence-corrected chi connectivity index (χ1v) is 5.56. The van der Waals surface area contributed by atoms with Crippen LogP contribution in [-0.2, 0) is 9.47 Å². The Labute approximate surface area is 88.6 Å². The zero-order valence-electron chi connectivity index (χ0n) is 8.78. The van der Waals surface area contributed by atoms with E-state index in [0.29, 0.717) is 13.2 Å². The van der Waals surface area contributed by atoms with Gasteiger partial charge in [0.2, 0.25) is 0 Å². The van der Waals surface area contributed by atoms with E-state index in [1.165, 1.54) is 0 Å². The maximum atomic E-state index is 5.48. The average Bonchev–Trinajstić information content (AvgIpc) is 2.65. The molecule has 0 atom stereocenters. The van der Waals surface area contributed by atoms with E-state index in [4.69, 9.17) is 14.2 Å². The lowest BCUT2D eigenvalue weighted by Crippen LogP contribution is -2.08. The summed E-state index contributed by atoms with van der Waals surface area (Å²) in [7, 11) is 1.65. The third kappa shape index (κ3) is 2.70. The highest BCUT2D eigenvalue weighted by molar-refractivity contribution is 7.10. The van der Waals surface area contributed by atoms with E-state index < -0.39 is 0 Å². The zero-order chi connectivity index (χ0) is 10.4. The van der Waals surface area contributed by atoms with Gasteiger partial charge in [0, 0.05) is 13.2 Å². The van der Waals surface area contributed by atoms with E-state index in [2.05, 4.69) is 0 Å². The van der Waals surface area contributed by atoms with Gasteiger partial charge >= 0.3 is 0 Å². The summed E-state index contributed by atoms with van der Waals surface area (Å²) in [5, 5.41) is 1.97. The first kappa shape index (κ1) is 11.5. The molecule has 0 aliphatic rings. The summed E-state index contributed by atoms with van der Waals surface area (Å²) < 4.78 is 16.2. The Morgan fingerprint density at radius 1 is 1.29 bits per heavy atom. The summed E-state index contributed by atoms with van der Waals surface area (Å²) in [6, 6.07) is 1.92. The Hall–Kier alpha value is -0.580. The number of rotatable bonds is 6. The molecule has 0 aliphatic carbocycles. The van der Waals surface area contributed by atoms with Gasteiger partial charge in [-0.15, -0.1) is 11.3 Å². The molecule has 1 aromatic heterocycles. The second-order valence-corrected chi connectivity index (χ2v) is 3.54. The smallest absolute Gasteiger partial charge is 0.196 e. The van der Waals surface area contributed by atoms with E-state index in [1.54, 1.807) is 18.4 Å². The fourth-order valence-corrected chi connectivity index (χ4v) is 2.00. The molecule has 1 aromatic rings. The van der Waals surface area contributed by atoms with Crippen molar-refractivity contribution in [2.24, 2.45) is 0 Å². The third-order valence-corrected chi connectivity index (χ3v) is 2.65. The largest absolute Gasteiger partial charge is 0.495 e. The molecule has 0 amide bonds. The van der Waals surface area contributed by atoms with Crippen LogP contribution >= 0.6 is 11.3 Å². The average molecular weight is 216 g/mol. The molecule has 0 saturated carbocycles. The van der Waals surface area contributed by atoms with Gasteiger partial charge in [0.15, 0.2) is 6.29 Å². The minimum absolute atomic E-state index is 0.292. The molecule has 0 unspecified atom stereocenters. The van der Waals surface area contributed by atoms with Crippen LogP contribution in [0.15, 0.2) is 11.4 Å². The first-order valence-electron chi connectivity index (χ1n) is 4.68. The molecule has 0 N–H and O–H groups in total. The highest BCUT2D eigenvalue weighted by atomic mass is 32.1. The lowest BCUT2D eigenvalue weighted by atomic mass is 10.4. The standard InChI is InChI=1S/C10H16O3S/c1-4-12-10(13-5-2)9-8(11-3)6-7-14-9/h6-7,10H,4-5H2,1-3H3. The molecule has 0 fully saturated rings. The molecule has 0 bridgehead atoms.